The smallest absolute Gasteiger partial charge is 0.267 e. The van der Waals surface area contributed by atoms with Gasteiger partial charge in [-0.15, -0.1) is 11.3 Å². The molecule has 2 heterocycles. The Morgan fingerprint density at radius 3 is 2.65 bits per heavy atom. The number of rotatable bonds is 5. The topological polar surface area (TPSA) is 55.2 Å². The molecule has 1 amide bonds. The average Bonchev–Trinajstić information content (AvgIpc) is 3.05. The van der Waals surface area contributed by atoms with Crippen LogP contribution in [0.25, 0.3) is 10.6 Å². The van der Waals surface area contributed by atoms with Crippen LogP contribution in [0.5, 0.6) is 0 Å². The third-order valence-corrected chi connectivity index (χ3v) is 4.96. The highest BCUT2D eigenvalue weighted by molar-refractivity contribution is 7.15. The van der Waals surface area contributed by atoms with Gasteiger partial charge in [-0.05, 0) is 31.2 Å². The second-order valence-electron chi connectivity index (χ2n) is 5.97. The number of hydrogen-bond donors (Lipinski definition) is 0. The molecule has 0 saturated carbocycles. The SMILES string of the molecule is Cc1ccc(-c2ccc(=O)n(CC(=O)N(C)Cc3ccccc3F)n2)s1. The van der Waals surface area contributed by atoms with Gasteiger partial charge >= 0.3 is 0 Å². The van der Waals surface area contributed by atoms with Gasteiger partial charge in [-0.1, -0.05) is 18.2 Å². The lowest BCUT2D eigenvalue weighted by Gasteiger charge is -2.18. The zero-order valence-electron chi connectivity index (χ0n) is 14.5. The molecule has 3 rings (SSSR count). The minimum Gasteiger partial charge on any atom is -0.340 e. The summed E-state index contributed by atoms with van der Waals surface area (Å²) in [5, 5.41) is 4.30. The van der Waals surface area contributed by atoms with Gasteiger partial charge < -0.3 is 4.90 Å². The van der Waals surface area contributed by atoms with Crippen LogP contribution in [-0.2, 0) is 17.9 Å². The molecule has 7 heteroatoms. The number of aromatic nitrogens is 2. The molecule has 0 bridgehead atoms. The number of hydrogen-bond acceptors (Lipinski definition) is 4. The summed E-state index contributed by atoms with van der Waals surface area (Å²) in [6.45, 7) is 1.93. The summed E-state index contributed by atoms with van der Waals surface area (Å²) in [7, 11) is 1.58. The van der Waals surface area contributed by atoms with E-state index in [1.54, 1.807) is 42.6 Å². The maximum atomic E-state index is 13.7. The van der Waals surface area contributed by atoms with E-state index in [9.17, 15) is 14.0 Å². The Balaban J connectivity index is 1.76. The Bertz CT molecular complexity index is 996. The highest BCUT2D eigenvalue weighted by atomic mass is 32.1. The summed E-state index contributed by atoms with van der Waals surface area (Å²) < 4.78 is 14.9. The second kappa shape index (κ2) is 7.61. The Labute approximate surface area is 154 Å². The predicted octanol–water partition coefficient (Wildman–Crippen LogP) is 3.08. The number of benzene rings is 1. The quantitative estimate of drug-likeness (QED) is 0.693. The number of thiophene rings is 1. The van der Waals surface area contributed by atoms with Crippen molar-refractivity contribution in [1.29, 1.82) is 0 Å². The molecule has 26 heavy (non-hydrogen) atoms. The van der Waals surface area contributed by atoms with Crippen LogP contribution in [0.2, 0.25) is 0 Å². The van der Waals surface area contributed by atoms with E-state index >= 15 is 0 Å². The van der Waals surface area contributed by atoms with E-state index in [4.69, 9.17) is 0 Å². The zero-order chi connectivity index (χ0) is 18.7. The molecule has 0 atom stereocenters. The fourth-order valence-corrected chi connectivity index (χ4v) is 3.32. The lowest BCUT2D eigenvalue weighted by molar-refractivity contribution is -0.131. The summed E-state index contributed by atoms with van der Waals surface area (Å²) in [6.07, 6.45) is 0. The van der Waals surface area contributed by atoms with Gasteiger partial charge in [0.15, 0.2) is 0 Å². The highest BCUT2D eigenvalue weighted by Crippen LogP contribution is 2.25. The molecule has 1 aromatic carbocycles. The maximum absolute atomic E-state index is 13.7. The first-order chi connectivity index (χ1) is 12.4. The van der Waals surface area contributed by atoms with Crippen LogP contribution >= 0.6 is 11.3 Å². The minimum absolute atomic E-state index is 0.129. The first-order valence-electron chi connectivity index (χ1n) is 8.06. The summed E-state index contributed by atoms with van der Waals surface area (Å²) in [6, 6.07) is 13.3. The van der Waals surface area contributed by atoms with Crippen molar-refractivity contribution in [2.24, 2.45) is 0 Å². The molecule has 0 unspecified atom stereocenters. The van der Waals surface area contributed by atoms with Crippen molar-refractivity contribution in [3.05, 3.63) is 75.1 Å². The zero-order valence-corrected chi connectivity index (χ0v) is 15.3. The summed E-state index contributed by atoms with van der Waals surface area (Å²) in [5.41, 5.74) is 0.716. The standard InChI is InChI=1S/C19H18FN3O2S/c1-13-7-9-17(26-13)16-8-10-18(24)23(21-16)12-19(25)22(2)11-14-5-3-4-6-15(14)20/h3-10H,11-12H2,1-2H3. The Hall–Kier alpha value is -2.80. The van der Waals surface area contributed by atoms with Gasteiger partial charge in [0.2, 0.25) is 5.91 Å². The molecule has 2 aromatic heterocycles. The second-order valence-corrected chi connectivity index (χ2v) is 7.25. The van der Waals surface area contributed by atoms with E-state index in [1.165, 1.54) is 17.0 Å². The molecule has 0 aliphatic carbocycles. The van der Waals surface area contributed by atoms with Crippen molar-refractivity contribution >= 4 is 17.2 Å². The van der Waals surface area contributed by atoms with Crippen molar-refractivity contribution in [3.8, 4) is 10.6 Å². The normalized spacial score (nSPS) is 10.7. The number of halogens is 1. The molecule has 3 aromatic rings. The molecule has 0 aliphatic rings. The van der Waals surface area contributed by atoms with Crippen molar-refractivity contribution in [3.63, 3.8) is 0 Å². The van der Waals surface area contributed by atoms with E-state index in [2.05, 4.69) is 5.10 Å². The lowest BCUT2D eigenvalue weighted by atomic mass is 10.2. The Morgan fingerprint density at radius 1 is 1.19 bits per heavy atom. The van der Waals surface area contributed by atoms with Gasteiger partial charge in [-0.25, -0.2) is 9.07 Å². The van der Waals surface area contributed by atoms with Crippen molar-refractivity contribution in [1.82, 2.24) is 14.7 Å². The predicted molar refractivity (Wildman–Crippen MR) is 99.4 cm³/mol. The van der Waals surface area contributed by atoms with E-state index < -0.39 is 0 Å². The van der Waals surface area contributed by atoms with Crippen LogP contribution in [0.4, 0.5) is 4.39 Å². The van der Waals surface area contributed by atoms with Crippen LogP contribution in [0.1, 0.15) is 10.4 Å². The summed E-state index contributed by atoms with van der Waals surface area (Å²) in [5.74, 6) is -0.681. The van der Waals surface area contributed by atoms with Gasteiger partial charge in [0.1, 0.15) is 18.1 Å². The Morgan fingerprint density at radius 2 is 1.96 bits per heavy atom. The maximum Gasteiger partial charge on any atom is 0.267 e. The van der Waals surface area contributed by atoms with E-state index in [0.29, 0.717) is 11.3 Å². The van der Waals surface area contributed by atoms with E-state index in [1.807, 2.05) is 19.1 Å². The van der Waals surface area contributed by atoms with Crippen LogP contribution in [0.15, 0.2) is 53.3 Å². The van der Waals surface area contributed by atoms with Gasteiger partial charge in [-0.3, -0.25) is 9.59 Å². The molecule has 0 spiro atoms. The van der Waals surface area contributed by atoms with Crippen LogP contribution in [-0.4, -0.2) is 27.6 Å². The van der Waals surface area contributed by atoms with E-state index in [-0.39, 0.29) is 30.4 Å². The minimum atomic E-state index is -0.363. The average molecular weight is 371 g/mol. The molecule has 0 radical (unpaired) electrons. The van der Waals surface area contributed by atoms with E-state index in [0.717, 1.165) is 14.4 Å². The monoisotopic (exact) mass is 371 g/mol. The molecule has 0 N–H and O–H groups in total. The number of carbonyl (C=O) groups is 1. The van der Waals surface area contributed by atoms with Crippen LogP contribution in [0, 0.1) is 12.7 Å². The van der Waals surface area contributed by atoms with Crippen LogP contribution < -0.4 is 5.56 Å². The number of carbonyl (C=O) groups excluding carboxylic acids is 1. The molecular formula is C19H18FN3O2S. The van der Waals surface area contributed by atoms with Crippen molar-refractivity contribution < 1.29 is 9.18 Å². The molecule has 134 valence electrons. The lowest BCUT2D eigenvalue weighted by Crippen LogP contribution is -2.34. The third-order valence-electron chi connectivity index (χ3n) is 3.94. The van der Waals surface area contributed by atoms with Crippen molar-refractivity contribution in [2.75, 3.05) is 7.05 Å². The third kappa shape index (κ3) is 4.05. The van der Waals surface area contributed by atoms with Gasteiger partial charge in [0.05, 0.1) is 4.88 Å². The van der Waals surface area contributed by atoms with Crippen molar-refractivity contribution in [2.45, 2.75) is 20.0 Å². The number of likely N-dealkylation sites (N-methyl/N-ethyl adjacent to an activating group) is 1. The number of aryl methyl sites for hydroxylation is 1. The van der Waals surface area contributed by atoms with Gasteiger partial charge in [0, 0.05) is 30.1 Å². The first-order valence-corrected chi connectivity index (χ1v) is 8.88. The number of amides is 1. The molecule has 0 aliphatic heterocycles. The largest absolute Gasteiger partial charge is 0.340 e. The highest BCUT2D eigenvalue weighted by Gasteiger charge is 2.14. The van der Waals surface area contributed by atoms with Gasteiger partial charge in [-0.2, -0.15) is 5.10 Å². The molecular weight excluding hydrogens is 353 g/mol. The van der Waals surface area contributed by atoms with Crippen LogP contribution in [0.3, 0.4) is 0 Å². The first kappa shape index (κ1) is 18.0. The Kier molecular flexibility index (Phi) is 5.27. The molecule has 0 fully saturated rings. The summed E-state index contributed by atoms with van der Waals surface area (Å²) in [4.78, 5) is 27.9. The fourth-order valence-electron chi connectivity index (χ4n) is 2.48. The fraction of sp³-hybridized carbons (Fsp3) is 0.211. The summed E-state index contributed by atoms with van der Waals surface area (Å²) >= 11 is 1.57. The molecule has 5 nitrogen and oxygen atoms in total. The molecule has 0 saturated heterocycles. The van der Waals surface area contributed by atoms with Gasteiger partial charge in [0.25, 0.3) is 5.56 Å². The number of nitrogens with zero attached hydrogens (tertiary/aromatic N) is 3.